The number of morpholine rings is 1. The summed E-state index contributed by atoms with van der Waals surface area (Å²) in [5.74, 6) is -3.70. The number of rotatable bonds is 13. The van der Waals surface area contributed by atoms with Gasteiger partial charge in [-0.15, -0.1) is 0 Å². The van der Waals surface area contributed by atoms with E-state index < -0.39 is 66.3 Å². The molecule has 3 atom stereocenters. The highest BCUT2D eigenvalue weighted by Crippen LogP contribution is 2.30. The molecule has 0 radical (unpaired) electrons. The Balaban J connectivity index is 1.38. The molecule has 3 N–H and O–H groups in total. The summed E-state index contributed by atoms with van der Waals surface area (Å²) in [6.07, 6.45) is -3.95. The zero-order chi connectivity index (χ0) is 33.3. The van der Waals surface area contributed by atoms with Crippen molar-refractivity contribution in [2.24, 2.45) is 0 Å². The molecule has 0 unspecified atom stereocenters. The Hall–Kier alpha value is -4.01. The smallest absolute Gasteiger partial charge is 0.389 e. The number of benzene rings is 2. The fourth-order valence-corrected chi connectivity index (χ4v) is 5.18. The standard InChI is InChI=1S/C32H34F6N4O4/c1-39-30(29(19-2-6-21(33)7-3-19)20-4-8-22(34)9-5-20)31(44)42-27-16-40-15-26(35)25(27)11-10-24-14-41-23(17-45-24)18-46-28(43)12-13-32(36,37)38/h2-9,15-16,23-24,29-30,39,41H,10-14,17-18H2,1H3,(H,42,44)/t23-,24+,30-/m0/s1. The van der Waals surface area contributed by atoms with Crippen molar-refractivity contribution in [3.05, 3.63) is 95.1 Å². The lowest BCUT2D eigenvalue weighted by Crippen LogP contribution is -2.49. The van der Waals surface area contributed by atoms with Gasteiger partial charge in [0.2, 0.25) is 5.91 Å². The van der Waals surface area contributed by atoms with Crippen LogP contribution in [0.3, 0.4) is 0 Å². The average molecular weight is 653 g/mol. The van der Waals surface area contributed by atoms with Crippen LogP contribution >= 0.6 is 0 Å². The third-order valence-electron chi connectivity index (χ3n) is 7.59. The van der Waals surface area contributed by atoms with Crippen molar-refractivity contribution >= 4 is 17.6 Å². The van der Waals surface area contributed by atoms with E-state index in [0.717, 1.165) is 6.20 Å². The summed E-state index contributed by atoms with van der Waals surface area (Å²) in [5, 5.41) is 8.85. The van der Waals surface area contributed by atoms with Gasteiger partial charge < -0.3 is 25.4 Å². The van der Waals surface area contributed by atoms with E-state index in [1.165, 1.54) is 54.7 Å². The summed E-state index contributed by atoms with van der Waals surface area (Å²) in [6.45, 7) is 0.289. The maximum atomic E-state index is 15.0. The van der Waals surface area contributed by atoms with Crippen LogP contribution in [0.4, 0.5) is 32.0 Å². The van der Waals surface area contributed by atoms with Crippen molar-refractivity contribution in [3.63, 3.8) is 0 Å². The maximum absolute atomic E-state index is 15.0. The first-order chi connectivity index (χ1) is 21.9. The van der Waals surface area contributed by atoms with Gasteiger partial charge in [-0.3, -0.25) is 14.6 Å². The van der Waals surface area contributed by atoms with Gasteiger partial charge in [-0.2, -0.15) is 13.2 Å². The molecule has 0 aliphatic carbocycles. The van der Waals surface area contributed by atoms with E-state index in [0.29, 0.717) is 24.1 Å². The van der Waals surface area contributed by atoms with E-state index in [9.17, 15) is 31.5 Å². The van der Waals surface area contributed by atoms with Crippen LogP contribution in [0.1, 0.15) is 41.9 Å². The number of likely N-dealkylation sites (N-methyl/N-ethyl adjacent to an activating group) is 1. The number of hydrogen-bond donors (Lipinski definition) is 3. The Morgan fingerprint density at radius 3 is 2.20 bits per heavy atom. The lowest BCUT2D eigenvalue weighted by Gasteiger charge is -2.30. The van der Waals surface area contributed by atoms with Gasteiger partial charge in [0, 0.05) is 18.0 Å². The van der Waals surface area contributed by atoms with Gasteiger partial charge in [0.15, 0.2) is 0 Å². The SMILES string of the molecule is CN[C@H](C(=O)Nc1cncc(F)c1CC[C@@H]1CN[C@H](COC(=O)CCC(F)(F)F)CO1)C(c1ccc(F)cc1)c1ccc(F)cc1. The van der Waals surface area contributed by atoms with Crippen LogP contribution in [-0.4, -0.2) is 68.0 Å². The van der Waals surface area contributed by atoms with Gasteiger partial charge in [0.1, 0.15) is 24.1 Å². The molecular weight excluding hydrogens is 618 g/mol. The lowest BCUT2D eigenvalue weighted by atomic mass is 9.84. The normalized spacial score (nSPS) is 17.5. The Labute approximate surface area is 261 Å². The number of pyridine rings is 1. The van der Waals surface area contributed by atoms with Crippen LogP contribution in [0.25, 0.3) is 0 Å². The number of carbonyl (C=O) groups excluding carboxylic acids is 2. The highest BCUT2D eigenvalue weighted by atomic mass is 19.4. The van der Waals surface area contributed by atoms with Crippen LogP contribution in [-0.2, 0) is 25.5 Å². The molecule has 248 valence electrons. The lowest BCUT2D eigenvalue weighted by molar-refractivity contribution is -0.158. The summed E-state index contributed by atoms with van der Waals surface area (Å²) in [7, 11) is 1.57. The van der Waals surface area contributed by atoms with Gasteiger partial charge in [0.25, 0.3) is 0 Å². The molecule has 1 aliphatic rings. The van der Waals surface area contributed by atoms with Gasteiger partial charge in [-0.05, 0) is 55.3 Å². The van der Waals surface area contributed by atoms with E-state index in [4.69, 9.17) is 9.47 Å². The fraction of sp³-hybridized carbons (Fsp3) is 0.406. The topological polar surface area (TPSA) is 102 Å². The molecule has 8 nitrogen and oxygen atoms in total. The second-order valence-electron chi connectivity index (χ2n) is 10.9. The number of nitrogens with zero attached hydrogens (tertiary/aromatic N) is 1. The number of esters is 1. The molecule has 0 spiro atoms. The van der Waals surface area contributed by atoms with Crippen molar-refractivity contribution in [3.8, 4) is 0 Å². The first-order valence-electron chi connectivity index (χ1n) is 14.6. The predicted molar refractivity (Wildman–Crippen MR) is 156 cm³/mol. The van der Waals surface area contributed by atoms with Crippen LogP contribution < -0.4 is 16.0 Å². The van der Waals surface area contributed by atoms with E-state index in [1.807, 2.05) is 0 Å². The number of alkyl halides is 3. The fourth-order valence-electron chi connectivity index (χ4n) is 5.18. The molecule has 1 amide bonds. The van der Waals surface area contributed by atoms with Crippen LogP contribution in [0.15, 0.2) is 60.9 Å². The highest BCUT2D eigenvalue weighted by Gasteiger charge is 2.32. The van der Waals surface area contributed by atoms with E-state index in [-0.39, 0.29) is 37.0 Å². The Kier molecular flexibility index (Phi) is 12.1. The second-order valence-corrected chi connectivity index (χ2v) is 10.9. The van der Waals surface area contributed by atoms with Gasteiger partial charge >= 0.3 is 12.1 Å². The highest BCUT2D eigenvalue weighted by molar-refractivity contribution is 5.96. The monoisotopic (exact) mass is 652 g/mol. The average Bonchev–Trinajstić information content (AvgIpc) is 3.02. The number of nitrogens with one attached hydrogen (secondary N) is 3. The number of anilines is 1. The van der Waals surface area contributed by atoms with Gasteiger partial charge in [-0.25, -0.2) is 13.2 Å². The van der Waals surface area contributed by atoms with E-state index in [2.05, 4.69) is 20.9 Å². The second kappa shape index (κ2) is 16.0. The Morgan fingerprint density at radius 2 is 1.65 bits per heavy atom. The van der Waals surface area contributed by atoms with Gasteiger partial charge in [0.05, 0.1) is 55.7 Å². The summed E-state index contributed by atoms with van der Waals surface area (Å²) in [4.78, 5) is 29.1. The molecule has 0 saturated carbocycles. The quantitative estimate of drug-likeness (QED) is 0.176. The molecule has 1 fully saturated rings. The van der Waals surface area contributed by atoms with Crippen molar-refractivity contribution in [2.75, 3.05) is 32.1 Å². The molecule has 46 heavy (non-hydrogen) atoms. The minimum atomic E-state index is -4.44. The summed E-state index contributed by atoms with van der Waals surface area (Å²) in [5.41, 5.74) is 1.53. The minimum absolute atomic E-state index is 0.123. The third-order valence-corrected chi connectivity index (χ3v) is 7.59. The molecule has 0 bridgehead atoms. The first kappa shape index (κ1) is 34.9. The first-order valence-corrected chi connectivity index (χ1v) is 14.6. The largest absolute Gasteiger partial charge is 0.464 e. The van der Waals surface area contributed by atoms with Crippen LogP contribution in [0.2, 0.25) is 0 Å². The number of ether oxygens (including phenoxy) is 2. The molecule has 3 aromatic rings. The number of carbonyl (C=O) groups is 2. The summed E-state index contributed by atoms with van der Waals surface area (Å²) < 4.78 is 90.0. The molecular formula is C32H34F6N4O4. The van der Waals surface area contributed by atoms with E-state index >= 15 is 4.39 Å². The molecule has 2 heterocycles. The molecule has 1 aliphatic heterocycles. The number of amides is 1. The van der Waals surface area contributed by atoms with Crippen molar-refractivity contribution < 1.29 is 45.4 Å². The van der Waals surface area contributed by atoms with Crippen molar-refractivity contribution in [2.45, 2.75) is 56.0 Å². The molecule has 4 rings (SSSR count). The predicted octanol–water partition coefficient (Wildman–Crippen LogP) is 5.03. The molecule has 2 aromatic carbocycles. The van der Waals surface area contributed by atoms with E-state index in [1.54, 1.807) is 7.05 Å². The van der Waals surface area contributed by atoms with Crippen molar-refractivity contribution in [1.29, 1.82) is 0 Å². The van der Waals surface area contributed by atoms with Crippen LogP contribution in [0, 0.1) is 17.5 Å². The van der Waals surface area contributed by atoms with Gasteiger partial charge in [-0.1, -0.05) is 24.3 Å². The molecule has 14 heteroatoms. The van der Waals surface area contributed by atoms with Crippen molar-refractivity contribution in [1.82, 2.24) is 15.6 Å². The number of hydrogen-bond acceptors (Lipinski definition) is 7. The molecule has 1 saturated heterocycles. The Morgan fingerprint density at radius 1 is 1.02 bits per heavy atom. The number of halogens is 6. The zero-order valence-corrected chi connectivity index (χ0v) is 24.9. The molecule has 1 aromatic heterocycles. The summed E-state index contributed by atoms with van der Waals surface area (Å²) in [6, 6.07) is 9.87. The third kappa shape index (κ3) is 9.99. The minimum Gasteiger partial charge on any atom is -0.464 e. The Bertz CT molecular complexity index is 1400. The summed E-state index contributed by atoms with van der Waals surface area (Å²) >= 11 is 0. The maximum Gasteiger partial charge on any atom is 0.389 e. The number of aromatic nitrogens is 1. The van der Waals surface area contributed by atoms with Crippen LogP contribution in [0.5, 0.6) is 0 Å². The zero-order valence-electron chi connectivity index (χ0n) is 24.9.